The molecule has 3 aromatic rings. The lowest BCUT2D eigenvalue weighted by atomic mass is 10.2. The van der Waals surface area contributed by atoms with Gasteiger partial charge in [-0.1, -0.05) is 12.1 Å². The van der Waals surface area contributed by atoms with Gasteiger partial charge in [0.05, 0.1) is 11.0 Å². The number of para-hydroxylation sites is 2. The average molecular weight is 294 g/mol. The largest absolute Gasteiger partial charge is 0.352 e. The Morgan fingerprint density at radius 2 is 1.95 bits per heavy atom. The second kappa shape index (κ2) is 6.39. The molecule has 0 fully saturated rings. The van der Waals surface area contributed by atoms with Crippen LogP contribution in [0.25, 0.3) is 11.0 Å². The molecule has 22 heavy (non-hydrogen) atoms. The van der Waals surface area contributed by atoms with E-state index in [0.29, 0.717) is 12.1 Å². The zero-order chi connectivity index (χ0) is 15.4. The Labute approximate surface area is 129 Å². The van der Waals surface area contributed by atoms with Crippen LogP contribution in [-0.2, 0) is 13.5 Å². The molecule has 0 aliphatic carbocycles. The predicted molar refractivity (Wildman–Crippen MR) is 85.6 cm³/mol. The van der Waals surface area contributed by atoms with Crippen LogP contribution in [0.2, 0.25) is 0 Å². The minimum absolute atomic E-state index is 0.0626. The van der Waals surface area contributed by atoms with Crippen LogP contribution in [0.3, 0.4) is 0 Å². The number of carbonyl (C=O) groups is 1. The van der Waals surface area contributed by atoms with E-state index in [1.54, 1.807) is 24.5 Å². The quantitative estimate of drug-likeness (QED) is 0.735. The topological polar surface area (TPSA) is 59.8 Å². The van der Waals surface area contributed by atoms with Crippen molar-refractivity contribution in [2.24, 2.45) is 7.05 Å². The lowest BCUT2D eigenvalue weighted by molar-refractivity contribution is 0.0953. The molecule has 0 radical (unpaired) electrons. The average Bonchev–Trinajstić information content (AvgIpc) is 2.89. The molecule has 0 atom stereocenters. The molecule has 0 saturated heterocycles. The molecule has 0 spiro atoms. The second-order valence-corrected chi connectivity index (χ2v) is 5.17. The Balaban J connectivity index is 1.54. The molecule has 0 unspecified atom stereocenters. The fourth-order valence-corrected chi connectivity index (χ4v) is 2.47. The van der Waals surface area contributed by atoms with Crippen LogP contribution in [0, 0.1) is 0 Å². The number of nitrogens with zero attached hydrogens (tertiary/aromatic N) is 3. The summed E-state index contributed by atoms with van der Waals surface area (Å²) in [4.78, 5) is 20.4. The third-order valence-corrected chi connectivity index (χ3v) is 3.68. The smallest absolute Gasteiger partial charge is 0.251 e. The van der Waals surface area contributed by atoms with Gasteiger partial charge in [0.1, 0.15) is 5.82 Å². The molecule has 0 aliphatic rings. The molecule has 0 aliphatic heterocycles. The van der Waals surface area contributed by atoms with E-state index in [-0.39, 0.29) is 5.91 Å². The summed E-state index contributed by atoms with van der Waals surface area (Å²) in [5, 5.41) is 2.92. The predicted octanol–water partition coefficient (Wildman–Crippen LogP) is 2.33. The zero-order valence-electron chi connectivity index (χ0n) is 12.5. The number of hydrogen-bond acceptors (Lipinski definition) is 3. The fraction of sp³-hybridized carbons (Fsp3) is 0.235. The van der Waals surface area contributed by atoms with Crippen molar-refractivity contribution in [2.45, 2.75) is 12.8 Å². The van der Waals surface area contributed by atoms with Gasteiger partial charge in [-0.05, 0) is 30.7 Å². The number of hydrogen-bond donors (Lipinski definition) is 1. The van der Waals surface area contributed by atoms with Crippen LogP contribution in [0.5, 0.6) is 0 Å². The normalized spacial score (nSPS) is 10.8. The molecule has 1 N–H and O–H groups in total. The number of imidazole rings is 1. The first-order valence-electron chi connectivity index (χ1n) is 7.34. The van der Waals surface area contributed by atoms with Crippen molar-refractivity contribution < 1.29 is 4.79 Å². The number of carbonyl (C=O) groups excluding carboxylic acids is 1. The van der Waals surface area contributed by atoms with Gasteiger partial charge in [-0.3, -0.25) is 9.78 Å². The number of amides is 1. The SMILES string of the molecule is Cn1c(CCCNC(=O)c2ccncc2)nc2ccccc21. The number of aromatic nitrogens is 3. The summed E-state index contributed by atoms with van der Waals surface area (Å²) in [5.41, 5.74) is 2.79. The molecular weight excluding hydrogens is 276 g/mol. The van der Waals surface area contributed by atoms with Gasteiger partial charge in [-0.2, -0.15) is 0 Å². The van der Waals surface area contributed by atoms with Crippen LogP contribution in [-0.4, -0.2) is 27.0 Å². The van der Waals surface area contributed by atoms with E-state index in [9.17, 15) is 4.79 Å². The summed E-state index contributed by atoms with van der Waals surface area (Å²) in [6, 6.07) is 11.5. The summed E-state index contributed by atoms with van der Waals surface area (Å²) in [7, 11) is 2.03. The van der Waals surface area contributed by atoms with Crippen LogP contribution in [0.1, 0.15) is 22.6 Å². The Hall–Kier alpha value is -2.69. The van der Waals surface area contributed by atoms with Crippen molar-refractivity contribution in [1.82, 2.24) is 19.9 Å². The van der Waals surface area contributed by atoms with Gasteiger partial charge >= 0.3 is 0 Å². The molecule has 1 amide bonds. The van der Waals surface area contributed by atoms with Gasteiger partial charge in [0.2, 0.25) is 0 Å². The number of benzene rings is 1. The minimum Gasteiger partial charge on any atom is -0.352 e. The molecule has 5 heteroatoms. The van der Waals surface area contributed by atoms with Crippen molar-refractivity contribution in [1.29, 1.82) is 0 Å². The third kappa shape index (κ3) is 2.98. The highest BCUT2D eigenvalue weighted by atomic mass is 16.1. The molecule has 5 nitrogen and oxygen atoms in total. The van der Waals surface area contributed by atoms with Gasteiger partial charge in [-0.15, -0.1) is 0 Å². The number of fused-ring (bicyclic) bond motifs is 1. The number of rotatable bonds is 5. The highest BCUT2D eigenvalue weighted by molar-refractivity contribution is 5.93. The van der Waals surface area contributed by atoms with Crippen molar-refractivity contribution in [3.63, 3.8) is 0 Å². The van der Waals surface area contributed by atoms with E-state index in [1.165, 1.54) is 0 Å². The first-order valence-corrected chi connectivity index (χ1v) is 7.34. The number of aryl methyl sites for hydroxylation is 2. The Bertz CT molecular complexity index is 780. The lowest BCUT2D eigenvalue weighted by Gasteiger charge is -2.05. The third-order valence-electron chi connectivity index (χ3n) is 3.68. The maximum Gasteiger partial charge on any atom is 0.251 e. The molecule has 112 valence electrons. The van der Waals surface area contributed by atoms with E-state index in [2.05, 4.69) is 25.9 Å². The highest BCUT2D eigenvalue weighted by Gasteiger charge is 2.07. The molecule has 2 aromatic heterocycles. The summed E-state index contributed by atoms with van der Waals surface area (Å²) in [6.07, 6.45) is 4.93. The lowest BCUT2D eigenvalue weighted by Crippen LogP contribution is -2.24. The van der Waals surface area contributed by atoms with Crippen LogP contribution >= 0.6 is 0 Å². The molecule has 0 saturated carbocycles. The minimum atomic E-state index is -0.0626. The summed E-state index contributed by atoms with van der Waals surface area (Å²) in [5.74, 6) is 0.978. The van der Waals surface area contributed by atoms with Crippen molar-refractivity contribution >= 4 is 16.9 Å². The number of pyridine rings is 1. The van der Waals surface area contributed by atoms with Gasteiger partial charge < -0.3 is 9.88 Å². The summed E-state index contributed by atoms with van der Waals surface area (Å²) < 4.78 is 2.11. The second-order valence-electron chi connectivity index (χ2n) is 5.17. The van der Waals surface area contributed by atoms with E-state index < -0.39 is 0 Å². The highest BCUT2D eigenvalue weighted by Crippen LogP contribution is 2.15. The van der Waals surface area contributed by atoms with Gasteiger partial charge in [-0.25, -0.2) is 4.98 Å². The Kier molecular flexibility index (Phi) is 4.14. The maximum absolute atomic E-state index is 11.9. The van der Waals surface area contributed by atoms with Crippen LogP contribution in [0.4, 0.5) is 0 Å². The molecular formula is C17H18N4O. The zero-order valence-corrected chi connectivity index (χ0v) is 12.5. The van der Waals surface area contributed by atoms with Gasteiger partial charge in [0, 0.05) is 38.0 Å². The van der Waals surface area contributed by atoms with Crippen molar-refractivity contribution in [2.75, 3.05) is 6.54 Å². The molecule has 1 aromatic carbocycles. The summed E-state index contributed by atoms with van der Waals surface area (Å²) in [6.45, 7) is 0.629. The summed E-state index contributed by atoms with van der Waals surface area (Å²) >= 11 is 0. The molecule has 3 rings (SSSR count). The van der Waals surface area contributed by atoms with Gasteiger partial charge in [0.25, 0.3) is 5.91 Å². The Morgan fingerprint density at radius 3 is 2.73 bits per heavy atom. The van der Waals surface area contributed by atoms with E-state index in [1.807, 2.05) is 25.2 Å². The standard InChI is InChI=1S/C17H18N4O/c1-21-15-6-3-2-5-14(15)20-16(21)7-4-10-19-17(22)13-8-11-18-12-9-13/h2-3,5-6,8-9,11-12H,4,7,10H2,1H3,(H,19,22). The van der Waals surface area contributed by atoms with Crippen molar-refractivity contribution in [3.8, 4) is 0 Å². The maximum atomic E-state index is 11.9. The van der Waals surface area contributed by atoms with E-state index in [0.717, 1.165) is 29.7 Å². The molecule has 0 bridgehead atoms. The first-order chi connectivity index (χ1) is 10.8. The van der Waals surface area contributed by atoms with Crippen molar-refractivity contribution in [3.05, 3.63) is 60.2 Å². The number of nitrogens with one attached hydrogen (secondary N) is 1. The fourth-order valence-electron chi connectivity index (χ4n) is 2.47. The van der Waals surface area contributed by atoms with E-state index in [4.69, 9.17) is 0 Å². The van der Waals surface area contributed by atoms with Crippen LogP contribution in [0.15, 0.2) is 48.8 Å². The van der Waals surface area contributed by atoms with Crippen LogP contribution < -0.4 is 5.32 Å². The monoisotopic (exact) mass is 294 g/mol. The van der Waals surface area contributed by atoms with E-state index >= 15 is 0 Å². The Morgan fingerprint density at radius 1 is 1.18 bits per heavy atom. The molecule has 2 heterocycles. The first kappa shape index (κ1) is 14.3. The van der Waals surface area contributed by atoms with Gasteiger partial charge in [0.15, 0.2) is 0 Å².